The molecular weight excluding hydrogens is 925 g/mol. The monoisotopic (exact) mass is 1040 g/mol. The third-order valence-corrected chi connectivity index (χ3v) is 12.6. The van der Waals surface area contributed by atoms with Crippen molar-refractivity contribution in [3.05, 3.63) is 134 Å². The average Bonchev–Trinajstić information content (AvgIpc) is 3.41. The summed E-state index contributed by atoms with van der Waals surface area (Å²) in [6.45, 7) is 6.42. The fraction of sp³-hybridized carbons (Fsp3) is 0.638. The summed E-state index contributed by atoms with van der Waals surface area (Å²) >= 11 is 0. The molecule has 0 aliphatic heterocycles. The van der Waals surface area contributed by atoms with Gasteiger partial charge in [0.25, 0.3) is 0 Å². The maximum Gasteiger partial charge on any atom is 0.306 e. The fourth-order valence-corrected chi connectivity index (χ4v) is 8.05. The Balaban J connectivity index is 4.13. The van der Waals surface area contributed by atoms with Crippen molar-refractivity contribution in [1.29, 1.82) is 0 Å². The highest BCUT2D eigenvalue weighted by molar-refractivity contribution is 5.71. The van der Waals surface area contributed by atoms with Gasteiger partial charge < -0.3 is 14.2 Å². The van der Waals surface area contributed by atoms with Crippen molar-refractivity contribution >= 4 is 17.9 Å². The molecule has 424 valence electrons. The highest BCUT2D eigenvalue weighted by Gasteiger charge is 2.19. The molecule has 0 aromatic carbocycles. The predicted molar refractivity (Wildman–Crippen MR) is 325 cm³/mol. The van der Waals surface area contributed by atoms with Gasteiger partial charge >= 0.3 is 17.9 Å². The van der Waals surface area contributed by atoms with Crippen LogP contribution in [0.25, 0.3) is 0 Å². The number of rotatable bonds is 54. The van der Waals surface area contributed by atoms with Gasteiger partial charge in [0.15, 0.2) is 6.10 Å². The molecule has 0 saturated heterocycles. The first-order chi connectivity index (χ1) is 37.0. The predicted octanol–water partition coefficient (Wildman–Crippen LogP) is 21.0. The Labute approximate surface area is 462 Å². The second kappa shape index (κ2) is 62.1. The minimum atomic E-state index is -0.790. The number of hydrogen-bond acceptors (Lipinski definition) is 6. The van der Waals surface area contributed by atoms with Crippen LogP contribution in [0.1, 0.15) is 265 Å². The molecule has 75 heavy (non-hydrogen) atoms. The van der Waals surface area contributed by atoms with Crippen molar-refractivity contribution in [2.24, 2.45) is 0 Å². The fourth-order valence-electron chi connectivity index (χ4n) is 8.05. The summed E-state index contributed by atoms with van der Waals surface area (Å²) in [5, 5.41) is 0. The van der Waals surface area contributed by atoms with Crippen LogP contribution in [-0.2, 0) is 28.6 Å². The van der Waals surface area contributed by atoms with Gasteiger partial charge in [0.2, 0.25) is 0 Å². The Bertz CT molecular complexity index is 1620. The molecular formula is C69H112O6. The number of carbonyl (C=O) groups excluding carboxylic acids is 3. The molecule has 6 nitrogen and oxygen atoms in total. The third kappa shape index (κ3) is 60.3. The van der Waals surface area contributed by atoms with Crippen LogP contribution in [0.3, 0.4) is 0 Å². The van der Waals surface area contributed by atoms with Gasteiger partial charge in [0.05, 0.1) is 0 Å². The third-order valence-electron chi connectivity index (χ3n) is 12.6. The van der Waals surface area contributed by atoms with Crippen LogP contribution in [0.2, 0.25) is 0 Å². The molecule has 0 heterocycles. The molecule has 0 aliphatic rings. The van der Waals surface area contributed by atoms with Crippen LogP contribution in [0.4, 0.5) is 0 Å². The molecule has 1 atom stereocenters. The van der Waals surface area contributed by atoms with Crippen LogP contribution in [-0.4, -0.2) is 37.2 Å². The number of hydrogen-bond donors (Lipinski definition) is 0. The van der Waals surface area contributed by atoms with E-state index in [1.54, 1.807) is 0 Å². The number of allylic oxidation sites excluding steroid dienone is 22. The smallest absolute Gasteiger partial charge is 0.306 e. The van der Waals surface area contributed by atoms with Crippen LogP contribution in [0.15, 0.2) is 134 Å². The summed E-state index contributed by atoms with van der Waals surface area (Å²) in [6.07, 6.45) is 87.7. The van der Waals surface area contributed by atoms with Crippen molar-refractivity contribution in [2.45, 2.75) is 271 Å². The Hall–Kier alpha value is -4.45. The lowest BCUT2D eigenvalue weighted by Crippen LogP contribution is -2.30. The molecule has 0 saturated carbocycles. The topological polar surface area (TPSA) is 78.9 Å². The summed E-state index contributed by atoms with van der Waals surface area (Å²) in [5.74, 6) is -0.927. The molecule has 0 fully saturated rings. The van der Waals surface area contributed by atoms with E-state index in [0.29, 0.717) is 19.3 Å². The van der Waals surface area contributed by atoms with Gasteiger partial charge in [-0.1, -0.05) is 257 Å². The number of ether oxygens (including phenoxy) is 3. The Morgan fingerprint density at radius 2 is 0.520 bits per heavy atom. The van der Waals surface area contributed by atoms with Gasteiger partial charge in [0, 0.05) is 19.3 Å². The molecule has 0 spiro atoms. The minimum Gasteiger partial charge on any atom is -0.462 e. The number of unbranched alkanes of at least 4 members (excludes halogenated alkanes) is 21. The summed E-state index contributed by atoms with van der Waals surface area (Å²) in [5.41, 5.74) is 0. The van der Waals surface area contributed by atoms with Gasteiger partial charge in [0.1, 0.15) is 13.2 Å². The molecule has 0 rings (SSSR count). The largest absolute Gasteiger partial charge is 0.462 e. The first-order valence-electron chi connectivity index (χ1n) is 30.7. The maximum atomic E-state index is 12.8. The van der Waals surface area contributed by atoms with E-state index in [2.05, 4.69) is 154 Å². The highest BCUT2D eigenvalue weighted by Crippen LogP contribution is 2.14. The summed E-state index contributed by atoms with van der Waals surface area (Å²) in [4.78, 5) is 37.9. The molecule has 0 aromatic heterocycles. The van der Waals surface area contributed by atoms with E-state index in [1.165, 1.54) is 77.0 Å². The zero-order valence-corrected chi connectivity index (χ0v) is 48.5. The zero-order chi connectivity index (χ0) is 54.3. The van der Waals surface area contributed by atoms with Gasteiger partial charge in [-0.15, -0.1) is 0 Å². The van der Waals surface area contributed by atoms with E-state index < -0.39 is 6.10 Å². The van der Waals surface area contributed by atoms with Gasteiger partial charge in [-0.3, -0.25) is 14.4 Å². The molecule has 0 aromatic rings. The van der Waals surface area contributed by atoms with E-state index in [9.17, 15) is 14.4 Å². The quantitative estimate of drug-likeness (QED) is 0.0261. The maximum absolute atomic E-state index is 12.8. The van der Waals surface area contributed by atoms with Gasteiger partial charge in [-0.2, -0.15) is 0 Å². The van der Waals surface area contributed by atoms with Crippen molar-refractivity contribution in [3.8, 4) is 0 Å². The van der Waals surface area contributed by atoms with E-state index >= 15 is 0 Å². The first kappa shape index (κ1) is 70.5. The minimum absolute atomic E-state index is 0.0894. The van der Waals surface area contributed by atoms with Crippen LogP contribution in [0, 0.1) is 0 Å². The standard InChI is InChI=1S/C69H112O6/c1-4-7-10-13-16-18-20-22-24-26-27-28-29-30-31-32-33-34-35-36-37-38-39-40-41-42-43-44-46-47-49-51-53-56-59-62-68(71)74-65-66(64-73-67(70)61-58-55-15-12-9-6-3)75-69(72)63-60-57-54-52-50-48-45-25-23-21-19-17-14-11-8-5-2/h7,10,16,18-19,21-22,24-25,27-28,30-31,33-34,36-37,39-40,42-43,45,66H,4-6,8-9,11-15,17,20,23,26,29,32,35,38,41,44,46-65H2,1-3H3/b10-7-,18-16-,21-19-,24-22-,28-27-,31-30-,34-33-,37-36-,40-39-,43-42-,45-25-. The molecule has 0 radical (unpaired) electrons. The lowest BCUT2D eigenvalue weighted by atomic mass is 10.1. The molecule has 0 N–H and O–H groups in total. The van der Waals surface area contributed by atoms with Gasteiger partial charge in [-0.25, -0.2) is 0 Å². The first-order valence-corrected chi connectivity index (χ1v) is 30.7. The van der Waals surface area contributed by atoms with Crippen LogP contribution < -0.4 is 0 Å². The van der Waals surface area contributed by atoms with E-state index in [0.717, 1.165) is 148 Å². The normalized spacial score (nSPS) is 13.1. The van der Waals surface area contributed by atoms with E-state index in [1.807, 2.05) is 0 Å². The van der Waals surface area contributed by atoms with Gasteiger partial charge in [-0.05, 0) is 122 Å². The average molecular weight is 1040 g/mol. The SMILES string of the molecule is CC/C=C\C/C=C\C/C=C\C/C=C\C/C=C\C/C=C\C/C=C\C/C=C\C/C=C\CCCCCCCCCC(=O)OCC(COC(=O)CCCCCCCC)OC(=O)CCCCCCC/C=C\C/C=C\CCCCCC. The molecule has 0 bridgehead atoms. The lowest BCUT2D eigenvalue weighted by Gasteiger charge is -2.18. The second-order valence-electron chi connectivity index (χ2n) is 19.9. The van der Waals surface area contributed by atoms with Crippen molar-refractivity contribution in [1.82, 2.24) is 0 Å². The van der Waals surface area contributed by atoms with Crippen molar-refractivity contribution < 1.29 is 28.6 Å². The van der Waals surface area contributed by atoms with Crippen molar-refractivity contribution in [2.75, 3.05) is 13.2 Å². The molecule has 0 aliphatic carbocycles. The highest BCUT2D eigenvalue weighted by atomic mass is 16.6. The van der Waals surface area contributed by atoms with Crippen molar-refractivity contribution in [3.63, 3.8) is 0 Å². The number of esters is 3. The van der Waals surface area contributed by atoms with Crippen LogP contribution in [0.5, 0.6) is 0 Å². The Kier molecular flexibility index (Phi) is 58.4. The summed E-state index contributed by atoms with van der Waals surface area (Å²) in [7, 11) is 0. The molecule has 1 unspecified atom stereocenters. The number of carbonyl (C=O) groups is 3. The Morgan fingerprint density at radius 3 is 0.827 bits per heavy atom. The Morgan fingerprint density at radius 1 is 0.280 bits per heavy atom. The van der Waals surface area contributed by atoms with Crippen LogP contribution >= 0.6 is 0 Å². The molecule has 6 heteroatoms. The zero-order valence-electron chi connectivity index (χ0n) is 48.5. The second-order valence-corrected chi connectivity index (χ2v) is 19.9. The summed E-state index contributed by atoms with van der Waals surface area (Å²) in [6, 6.07) is 0. The molecule has 0 amide bonds. The van der Waals surface area contributed by atoms with E-state index in [4.69, 9.17) is 14.2 Å². The lowest BCUT2D eigenvalue weighted by molar-refractivity contribution is -0.167. The van der Waals surface area contributed by atoms with E-state index in [-0.39, 0.29) is 31.1 Å². The summed E-state index contributed by atoms with van der Waals surface area (Å²) < 4.78 is 16.7.